The Morgan fingerprint density at radius 1 is 1.00 bits per heavy atom. The van der Waals surface area contributed by atoms with Gasteiger partial charge in [0.2, 0.25) is 5.78 Å². The molecule has 4 aromatic rings. The first-order valence-electron chi connectivity index (χ1n) is 11.8. The van der Waals surface area contributed by atoms with Gasteiger partial charge < -0.3 is 4.74 Å². The Balaban J connectivity index is 1.93. The summed E-state index contributed by atoms with van der Waals surface area (Å²) >= 11 is 7.11. The Morgan fingerprint density at radius 2 is 1.63 bits per heavy atom. The highest BCUT2D eigenvalue weighted by Crippen LogP contribution is 2.14. The van der Waals surface area contributed by atoms with Crippen molar-refractivity contribution in [3.63, 3.8) is 0 Å². The number of aromatic nitrogens is 1. The largest absolute Gasteiger partial charge is 0.465 e. The zero-order valence-electron chi connectivity index (χ0n) is 20.7. The number of Topliss-reactive ketones (excluding diaryl/α,β-unsaturated/α-hetero) is 1. The first-order valence-corrected chi connectivity index (χ1v) is 13.0. The van der Waals surface area contributed by atoms with Crippen LogP contribution < -0.4 is 14.8 Å². The third-order valence-electron chi connectivity index (χ3n) is 5.85. The number of halogens is 1. The summed E-state index contributed by atoms with van der Waals surface area (Å²) < 4.78 is 6.63. The average molecular weight is 543 g/mol. The van der Waals surface area contributed by atoms with Crippen molar-refractivity contribution >= 4 is 46.3 Å². The first-order chi connectivity index (χ1) is 18.4. The monoisotopic (exact) mass is 542 g/mol. The number of nitriles is 1. The third kappa shape index (κ3) is 5.67. The molecule has 0 aliphatic heterocycles. The molecule has 0 amide bonds. The Kier molecular flexibility index (Phi) is 8.37. The Hall–Kier alpha value is -4.25. The Bertz CT molecular complexity index is 1710. The van der Waals surface area contributed by atoms with Crippen molar-refractivity contribution < 1.29 is 14.3 Å². The quantitative estimate of drug-likeness (QED) is 0.250. The van der Waals surface area contributed by atoms with Crippen LogP contribution in [-0.4, -0.2) is 23.4 Å². The molecule has 0 bridgehead atoms. The van der Waals surface area contributed by atoms with Gasteiger partial charge >= 0.3 is 5.97 Å². The zero-order valence-corrected chi connectivity index (χ0v) is 22.3. The predicted octanol–water partition coefficient (Wildman–Crippen LogP) is 4.68. The number of esters is 1. The molecule has 0 unspecified atom stereocenters. The standard InChI is InChI=1S/C30H23ClN2O4S/c1-3-4-19-5-9-21(10-6-19)27(34)25(18-32)29-33(24-15-13-23(31)14-16-24)28(35)26(38-29)17-20-7-11-22(12-8-20)30(36)37-2/h5-17H,3-4H2,1-2H3/b26-17+,29-25-. The van der Waals surface area contributed by atoms with Crippen molar-refractivity contribution in [2.45, 2.75) is 19.8 Å². The van der Waals surface area contributed by atoms with Crippen LogP contribution in [0.2, 0.25) is 5.02 Å². The molecule has 38 heavy (non-hydrogen) atoms. The van der Waals surface area contributed by atoms with E-state index in [1.54, 1.807) is 66.7 Å². The molecule has 0 saturated heterocycles. The smallest absolute Gasteiger partial charge is 0.337 e. The number of methoxy groups -OCH3 is 1. The minimum absolute atomic E-state index is 0.133. The minimum Gasteiger partial charge on any atom is -0.465 e. The predicted molar refractivity (Wildman–Crippen MR) is 149 cm³/mol. The second kappa shape index (κ2) is 11.9. The number of nitrogens with zero attached hydrogens (tertiary/aromatic N) is 2. The second-order valence-electron chi connectivity index (χ2n) is 8.41. The normalized spacial score (nSPS) is 12.1. The van der Waals surface area contributed by atoms with Crippen LogP contribution in [0.1, 0.15) is 45.2 Å². The fraction of sp³-hybridized carbons (Fsp3) is 0.133. The summed E-state index contributed by atoms with van der Waals surface area (Å²) in [6.45, 7) is 2.08. The molecule has 6 nitrogen and oxygen atoms in total. The van der Waals surface area contributed by atoms with Crippen LogP contribution in [-0.2, 0) is 11.2 Å². The number of hydrogen-bond donors (Lipinski definition) is 0. The van der Waals surface area contributed by atoms with E-state index in [-0.39, 0.29) is 15.8 Å². The van der Waals surface area contributed by atoms with Gasteiger partial charge in [0, 0.05) is 10.6 Å². The molecule has 0 atom stereocenters. The van der Waals surface area contributed by atoms with Gasteiger partial charge in [0.15, 0.2) is 0 Å². The van der Waals surface area contributed by atoms with Crippen molar-refractivity contribution in [3.8, 4) is 11.8 Å². The summed E-state index contributed by atoms with van der Waals surface area (Å²) in [6.07, 6.45) is 3.53. The van der Waals surface area contributed by atoms with Gasteiger partial charge in [-0.2, -0.15) is 5.26 Å². The van der Waals surface area contributed by atoms with Crippen molar-refractivity contribution in [1.29, 1.82) is 5.26 Å². The van der Waals surface area contributed by atoms with Gasteiger partial charge in [0.05, 0.1) is 22.9 Å². The number of hydrogen-bond acceptors (Lipinski definition) is 6. The minimum atomic E-state index is -0.464. The van der Waals surface area contributed by atoms with Crippen molar-refractivity contribution in [1.82, 2.24) is 4.57 Å². The number of rotatable bonds is 7. The van der Waals surface area contributed by atoms with Gasteiger partial charge in [0.25, 0.3) is 5.56 Å². The van der Waals surface area contributed by atoms with Crippen molar-refractivity contribution in [3.05, 3.63) is 120 Å². The van der Waals surface area contributed by atoms with Gasteiger partial charge in [-0.05, 0) is 60.0 Å². The lowest BCUT2D eigenvalue weighted by Crippen LogP contribution is -2.31. The Morgan fingerprint density at radius 3 is 2.21 bits per heavy atom. The lowest BCUT2D eigenvalue weighted by Gasteiger charge is -2.05. The van der Waals surface area contributed by atoms with Gasteiger partial charge in [-0.25, -0.2) is 4.79 Å². The molecule has 0 fully saturated rings. The molecule has 190 valence electrons. The molecule has 0 spiro atoms. The van der Waals surface area contributed by atoms with Crippen LogP contribution in [0, 0.1) is 11.3 Å². The third-order valence-corrected chi connectivity index (χ3v) is 7.19. The van der Waals surface area contributed by atoms with Gasteiger partial charge in [-0.1, -0.05) is 61.3 Å². The van der Waals surface area contributed by atoms with Crippen LogP contribution >= 0.6 is 22.9 Å². The highest BCUT2D eigenvalue weighted by atomic mass is 35.5. The number of carbonyl (C=O) groups excluding carboxylic acids is 2. The molecule has 3 aromatic carbocycles. The van der Waals surface area contributed by atoms with Crippen LogP contribution in [0.5, 0.6) is 0 Å². The van der Waals surface area contributed by atoms with E-state index in [0.29, 0.717) is 31.9 Å². The fourth-order valence-electron chi connectivity index (χ4n) is 3.91. The maximum atomic E-state index is 13.6. The number of ether oxygens (including phenoxy) is 1. The van der Waals surface area contributed by atoms with E-state index in [2.05, 4.69) is 6.92 Å². The summed E-state index contributed by atoms with van der Waals surface area (Å²) in [7, 11) is 1.30. The molecule has 0 N–H and O–H groups in total. The molecule has 0 saturated carbocycles. The second-order valence-corrected chi connectivity index (χ2v) is 9.88. The van der Waals surface area contributed by atoms with E-state index in [1.165, 1.54) is 11.7 Å². The summed E-state index contributed by atoms with van der Waals surface area (Å²) in [6, 6.07) is 22.4. The van der Waals surface area contributed by atoms with Crippen molar-refractivity contribution in [2.24, 2.45) is 0 Å². The lowest BCUT2D eigenvalue weighted by atomic mass is 10.0. The average Bonchev–Trinajstić information content (AvgIpc) is 3.25. The van der Waals surface area contributed by atoms with Crippen LogP contribution in [0.4, 0.5) is 0 Å². The molecule has 1 aromatic heterocycles. The molecular formula is C30H23ClN2O4S. The number of benzene rings is 3. The van der Waals surface area contributed by atoms with Crippen LogP contribution in [0.3, 0.4) is 0 Å². The summed E-state index contributed by atoms with van der Waals surface area (Å²) in [5, 5.41) is 10.6. The number of aryl methyl sites for hydroxylation is 1. The Labute approximate surface area is 228 Å². The maximum absolute atomic E-state index is 13.6. The van der Waals surface area contributed by atoms with E-state index >= 15 is 0 Å². The zero-order chi connectivity index (χ0) is 27.2. The number of thiazole rings is 1. The molecule has 8 heteroatoms. The number of ketones is 1. The molecule has 0 aliphatic rings. The fourth-order valence-corrected chi connectivity index (χ4v) is 5.14. The highest BCUT2D eigenvalue weighted by molar-refractivity contribution is 7.07. The van der Waals surface area contributed by atoms with E-state index in [4.69, 9.17) is 16.3 Å². The van der Waals surface area contributed by atoms with E-state index in [0.717, 1.165) is 29.7 Å². The lowest BCUT2D eigenvalue weighted by molar-refractivity contribution is 0.0600. The molecule has 0 aliphatic carbocycles. The summed E-state index contributed by atoms with van der Waals surface area (Å²) in [4.78, 5) is 38.8. The first kappa shape index (κ1) is 26.8. The summed E-state index contributed by atoms with van der Waals surface area (Å²) in [5.74, 6) is -0.928. The molecular weight excluding hydrogens is 520 g/mol. The van der Waals surface area contributed by atoms with Gasteiger partial charge in [-0.15, -0.1) is 11.3 Å². The van der Waals surface area contributed by atoms with Gasteiger partial charge in [0.1, 0.15) is 16.3 Å². The van der Waals surface area contributed by atoms with Gasteiger partial charge in [-0.3, -0.25) is 14.2 Å². The van der Waals surface area contributed by atoms with Crippen molar-refractivity contribution in [2.75, 3.05) is 7.11 Å². The SMILES string of the molecule is CCCc1ccc(C(=O)/C(C#N)=c2\s/c(=C/c3ccc(C(=O)OC)cc3)c(=O)n2-c2ccc(Cl)cc2)cc1. The van der Waals surface area contributed by atoms with Crippen LogP contribution in [0.15, 0.2) is 77.6 Å². The summed E-state index contributed by atoms with van der Waals surface area (Å²) in [5.41, 5.74) is 2.48. The van der Waals surface area contributed by atoms with E-state index in [9.17, 15) is 19.6 Å². The topological polar surface area (TPSA) is 89.2 Å². The maximum Gasteiger partial charge on any atom is 0.337 e. The van der Waals surface area contributed by atoms with E-state index < -0.39 is 11.8 Å². The van der Waals surface area contributed by atoms with E-state index in [1.807, 2.05) is 18.2 Å². The molecule has 0 radical (unpaired) electrons. The number of carbonyl (C=O) groups is 2. The molecule has 4 rings (SSSR count). The van der Waals surface area contributed by atoms with Crippen LogP contribution in [0.25, 0.3) is 17.3 Å². The molecule has 1 heterocycles. The highest BCUT2D eigenvalue weighted by Gasteiger charge is 2.19.